The van der Waals surface area contributed by atoms with Crippen molar-refractivity contribution in [3.63, 3.8) is 0 Å². The molecule has 0 bridgehead atoms. The molecule has 1 aromatic heterocycles. The van der Waals surface area contributed by atoms with Gasteiger partial charge >= 0.3 is 0 Å². The number of nitrogens with zero attached hydrogens (tertiary/aromatic N) is 2. The highest BCUT2D eigenvalue weighted by Gasteiger charge is 2.17. The van der Waals surface area contributed by atoms with Gasteiger partial charge in [-0.05, 0) is 12.3 Å². The second-order valence-electron chi connectivity index (χ2n) is 3.01. The van der Waals surface area contributed by atoms with E-state index in [2.05, 4.69) is 5.16 Å². The topological polar surface area (TPSA) is 69.2 Å². The van der Waals surface area contributed by atoms with Gasteiger partial charge in [-0.15, -0.1) is 0 Å². The summed E-state index contributed by atoms with van der Waals surface area (Å²) in [6.45, 7) is 0. The fourth-order valence-corrected chi connectivity index (χ4v) is 1.67. The predicted molar refractivity (Wildman–Crippen MR) is 60.4 cm³/mol. The summed E-state index contributed by atoms with van der Waals surface area (Å²) >= 11 is 1.40. The molecule has 0 saturated carbocycles. The monoisotopic (exact) mass is 236 g/mol. The summed E-state index contributed by atoms with van der Waals surface area (Å²) in [4.78, 5) is 10.4. The molecule has 0 aliphatic rings. The number of hydrogen-bond donors (Lipinski definition) is 0. The molecule has 1 heterocycles. The summed E-state index contributed by atoms with van der Waals surface area (Å²) in [6.07, 6.45) is 1.85. The van der Waals surface area contributed by atoms with Crippen LogP contribution in [-0.4, -0.2) is 16.3 Å². The van der Waals surface area contributed by atoms with E-state index in [4.69, 9.17) is 4.52 Å². The lowest BCUT2D eigenvalue weighted by Crippen LogP contribution is -1.91. The maximum atomic E-state index is 10.8. The molecule has 0 N–H and O–H groups in total. The van der Waals surface area contributed by atoms with Gasteiger partial charge < -0.3 is 4.52 Å². The Hall–Kier alpha value is -1.82. The predicted octanol–water partition coefficient (Wildman–Crippen LogP) is 2.97. The second-order valence-corrected chi connectivity index (χ2v) is 3.82. The fourth-order valence-electron chi connectivity index (χ4n) is 1.33. The van der Waals surface area contributed by atoms with E-state index in [9.17, 15) is 10.1 Å². The van der Waals surface area contributed by atoms with E-state index in [1.54, 1.807) is 24.3 Å². The number of rotatable bonds is 3. The van der Waals surface area contributed by atoms with E-state index in [0.717, 1.165) is 0 Å². The first-order valence-electron chi connectivity index (χ1n) is 4.47. The Morgan fingerprint density at radius 2 is 2.19 bits per heavy atom. The van der Waals surface area contributed by atoms with Crippen molar-refractivity contribution in [3.05, 3.63) is 40.4 Å². The van der Waals surface area contributed by atoms with Crippen molar-refractivity contribution in [1.29, 1.82) is 0 Å². The Morgan fingerprint density at radius 3 is 2.81 bits per heavy atom. The summed E-state index contributed by atoms with van der Waals surface area (Å²) in [5.74, 6) is 0. The second kappa shape index (κ2) is 4.36. The molecule has 0 unspecified atom stereocenters. The van der Waals surface area contributed by atoms with Gasteiger partial charge in [0.2, 0.25) is 0 Å². The van der Waals surface area contributed by atoms with Gasteiger partial charge in [0.15, 0.2) is 5.09 Å². The van der Waals surface area contributed by atoms with Gasteiger partial charge in [-0.1, -0.05) is 29.1 Å². The maximum Gasteiger partial charge on any atom is 0.278 e. The molecule has 0 aliphatic heterocycles. The summed E-state index contributed by atoms with van der Waals surface area (Å²) in [5, 5.41) is 15.2. The number of nitro groups is 1. The summed E-state index contributed by atoms with van der Waals surface area (Å²) in [6, 6.07) is 8.14. The van der Waals surface area contributed by atoms with Gasteiger partial charge in [0, 0.05) is 12.1 Å². The zero-order chi connectivity index (χ0) is 11.5. The van der Waals surface area contributed by atoms with Crippen LogP contribution >= 0.6 is 11.8 Å². The van der Waals surface area contributed by atoms with Gasteiger partial charge in [-0.2, -0.15) is 0 Å². The molecule has 1 aromatic carbocycles. The van der Waals surface area contributed by atoms with Gasteiger partial charge in [-0.3, -0.25) is 10.1 Å². The van der Waals surface area contributed by atoms with Gasteiger partial charge in [0.1, 0.15) is 5.69 Å². The van der Waals surface area contributed by atoms with Crippen LogP contribution in [0.2, 0.25) is 0 Å². The highest BCUT2D eigenvalue weighted by molar-refractivity contribution is 7.98. The molecule has 0 radical (unpaired) electrons. The first-order valence-corrected chi connectivity index (χ1v) is 5.69. The standard InChI is InChI=1S/C10H8N2O3S/c1-16-10-6-8(11-15-10)7-4-2-3-5-9(7)12(13)14/h2-6H,1H3. The minimum absolute atomic E-state index is 0.0310. The van der Waals surface area contributed by atoms with Crippen molar-refractivity contribution in [2.45, 2.75) is 5.09 Å². The Labute approximate surface area is 95.6 Å². The molecular weight excluding hydrogens is 228 g/mol. The molecule has 0 fully saturated rings. The summed E-state index contributed by atoms with van der Waals surface area (Å²) in [7, 11) is 0. The van der Waals surface area contributed by atoms with E-state index >= 15 is 0 Å². The Balaban J connectivity index is 2.50. The molecule has 6 heteroatoms. The number of aromatic nitrogens is 1. The minimum Gasteiger partial charge on any atom is -0.349 e. The van der Waals surface area contributed by atoms with Crippen LogP contribution < -0.4 is 0 Å². The highest BCUT2D eigenvalue weighted by atomic mass is 32.2. The van der Waals surface area contributed by atoms with Crippen LogP contribution in [0.15, 0.2) is 39.9 Å². The average molecular weight is 236 g/mol. The first-order chi connectivity index (χ1) is 7.72. The van der Waals surface area contributed by atoms with Gasteiger partial charge in [-0.25, -0.2) is 0 Å². The van der Waals surface area contributed by atoms with E-state index < -0.39 is 4.92 Å². The van der Waals surface area contributed by atoms with E-state index in [0.29, 0.717) is 16.3 Å². The van der Waals surface area contributed by atoms with Crippen LogP contribution in [0.25, 0.3) is 11.3 Å². The molecule has 0 saturated heterocycles. The largest absolute Gasteiger partial charge is 0.349 e. The smallest absolute Gasteiger partial charge is 0.278 e. The van der Waals surface area contributed by atoms with Crippen LogP contribution in [0.4, 0.5) is 5.69 Å². The van der Waals surface area contributed by atoms with Crippen molar-refractivity contribution in [3.8, 4) is 11.3 Å². The van der Waals surface area contributed by atoms with E-state index in [1.165, 1.54) is 17.8 Å². The lowest BCUT2D eigenvalue weighted by molar-refractivity contribution is -0.384. The fraction of sp³-hybridized carbons (Fsp3) is 0.100. The summed E-state index contributed by atoms with van der Waals surface area (Å²) in [5.41, 5.74) is 0.983. The Morgan fingerprint density at radius 1 is 1.44 bits per heavy atom. The van der Waals surface area contributed by atoms with E-state index in [-0.39, 0.29) is 5.69 Å². The third-order valence-electron chi connectivity index (χ3n) is 2.07. The lowest BCUT2D eigenvalue weighted by Gasteiger charge is -1.96. The van der Waals surface area contributed by atoms with Crippen molar-refractivity contribution in [2.24, 2.45) is 0 Å². The van der Waals surface area contributed by atoms with E-state index in [1.807, 2.05) is 6.26 Å². The normalized spacial score (nSPS) is 10.3. The SMILES string of the molecule is CSc1cc(-c2ccccc2[N+](=O)[O-])no1. The molecule has 2 aromatic rings. The number of hydrogen-bond acceptors (Lipinski definition) is 5. The number of para-hydroxylation sites is 1. The lowest BCUT2D eigenvalue weighted by atomic mass is 10.1. The molecule has 16 heavy (non-hydrogen) atoms. The quantitative estimate of drug-likeness (QED) is 0.465. The van der Waals surface area contributed by atoms with Crippen molar-refractivity contribution >= 4 is 17.4 Å². The maximum absolute atomic E-state index is 10.8. The Kier molecular flexibility index (Phi) is 2.91. The molecule has 0 atom stereocenters. The molecule has 0 amide bonds. The summed E-state index contributed by atoms with van der Waals surface area (Å²) < 4.78 is 4.99. The van der Waals surface area contributed by atoms with Crippen molar-refractivity contribution in [1.82, 2.24) is 5.16 Å². The number of nitro benzene ring substituents is 1. The highest BCUT2D eigenvalue weighted by Crippen LogP contribution is 2.30. The van der Waals surface area contributed by atoms with Crippen LogP contribution in [0.5, 0.6) is 0 Å². The van der Waals surface area contributed by atoms with Gasteiger partial charge in [0.25, 0.3) is 5.69 Å². The third kappa shape index (κ3) is 1.92. The average Bonchev–Trinajstić information content (AvgIpc) is 2.77. The van der Waals surface area contributed by atoms with Crippen LogP contribution in [-0.2, 0) is 0 Å². The molecular formula is C10H8N2O3S. The van der Waals surface area contributed by atoms with Crippen LogP contribution in [0.3, 0.4) is 0 Å². The first kappa shape index (κ1) is 10.7. The number of benzene rings is 1. The van der Waals surface area contributed by atoms with Crippen LogP contribution in [0.1, 0.15) is 0 Å². The van der Waals surface area contributed by atoms with Gasteiger partial charge in [0.05, 0.1) is 10.5 Å². The zero-order valence-electron chi connectivity index (χ0n) is 8.41. The Bertz CT molecular complexity index is 524. The van der Waals surface area contributed by atoms with Crippen molar-refractivity contribution in [2.75, 3.05) is 6.26 Å². The van der Waals surface area contributed by atoms with Crippen LogP contribution in [0, 0.1) is 10.1 Å². The minimum atomic E-state index is -0.428. The molecule has 82 valence electrons. The number of thioether (sulfide) groups is 1. The molecule has 2 rings (SSSR count). The third-order valence-corrected chi connectivity index (χ3v) is 2.66. The van der Waals surface area contributed by atoms with Crippen molar-refractivity contribution < 1.29 is 9.45 Å². The zero-order valence-corrected chi connectivity index (χ0v) is 9.23. The molecule has 5 nitrogen and oxygen atoms in total. The molecule has 0 aliphatic carbocycles. The molecule has 0 spiro atoms.